The summed E-state index contributed by atoms with van der Waals surface area (Å²) in [6.07, 6.45) is 3.14. The minimum absolute atomic E-state index is 0.0173. The normalized spacial score (nSPS) is 21.4. The fourth-order valence-corrected chi connectivity index (χ4v) is 2.13. The third kappa shape index (κ3) is 3.41. The fraction of sp³-hybridized carbons (Fsp3) is 0.333. The third-order valence-electron chi connectivity index (χ3n) is 3.35. The van der Waals surface area contributed by atoms with Gasteiger partial charge in [-0.2, -0.15) is 0 Å². The molecular weight excluding hydrogens is 274 g/mol. The van der Waals surface area contributed by atoms with Gasteiger partial charge in [-0.15, -0.1) is 0 Å². The predicted molar refractivity (Wildman–Crippen MR) is 76.0 cm³/mol. The van der Waals surface area contributed by atoms with Gasteiger partial charge in [-0.1, -0.05) is 18.2 Å². The van der Waals surface area contributed by atoms with Gasteiger partial charge in [0.2, 0.25) is 5.91 Å². The molecule has 0 aliphatic carbocycles. The first-order valence-corrected chi connectivity index (χ1v) is 6.52. The van der Waals surface area contributed by atoms with Crippen LogP contribution in [0.4, 0.5) is 0 Å². The summed E-state index contributed by atoms with van der Waals surface area (Å²) < 4.78 is 10.3. The molecule has 0 spiro atoms. The van der Waals surface area contributed by atoms with E-state index in [1.165, 1.54) is 6.08 Å². The van der Waals surface area contributed by atoms with Crippen molar-refractivity contribution in [2.75, 3.05) is 20.3 Å². The predicted octanol–water partition coefficient (Wildman–Crippen LogP) is 1.07. The van der Waals surface area contributed by atoms with Gasteiger partial charge in [0.25, 0.3) is 0 Å². The number of carbonyl (C=O) groups is 2. The van der Waals surface area contributed by atoms with E-state index in [1.54, 1.807) is 25.3 Å². The molecule has 1 heterocycles. The lowest BCUT2D eigenvalue weighted by Gasteiger charge is -2.22. The highest BCUT2D eigenvalue weighted by Gasteiger charge is 2.43. The number of amides is 1. The van der Waals surface area contributed by atoms with Crippen LogP contribution >= 0.6 is 0 Å². The van der Waals surface area contributed by atoms with Crippen LogP contribution < -0.4 is 10.1 Å². The highest BCUT2D eigenvalue weighted by molar-refractivity contribution is 5.96. The Morgan fingerprint density at radius 3 is 2.81 bits per heavy atom. The Bertz CT molecular complexity index is 561. The molecule has 0 radical (unpaired) electrons. The van der Waals surface area contributed by atoms with E-state index in [0.717, 1.165) is 5.56 Å². The van der Waals surface area contributed by atoms with Crippen LogP contribution in [0, 0.1) is 0 Å². The number of carbonyl (C=O) groups excluding carboxylic acids is 1. The Balaban J connectivity index is 2.07. The first kappa shape index (κ1) is 15.1. The Hall–Kier alpha value is -2.34. The summed E-state index contributed by atoms with van der Waals surface area (Å²) in [6.45, 7) is 0.305. The van der Waals surface area contributed by atoms with Crippen molar-refractivity contribution in [2.24, 2.45) is 0 Å². The molecular formula is C15H17NO5. The Labute approximate surface area is 122 Å². The number of carboxylic acid groups (broad SMARTS) is 1. The van der Waals surface area contributed by atoms with E-state index < -0.39 is 17.4 Å². The standard InChI is InChI=1S/C15H17NO5/c1-20-12-5-3-2-4-11(12)6-7-13(17)16-15(14(18)19)8-9-21-10-15/h2-7H,8-10H2,1H3,(H,16,17)(H,18,19). The van der Waals surface area contributed by atoms with E-state index in [2.05, 4.69) is 5.32 Å². The zero-order chi connectivity index (χ0) is 15.3. The van der Waals surface area contributed by atoms with Gasteiger partial charge in [0, 0.05) is 24.7 Å². The lowest BCUT2D eigenvalue weighted by Crippen LogP contribution is -2.54. The molecule has 1 unspecified atom stereocenters. The van der Waals surface area contributed by atoms with Gasteiger partial charge < -0.3 is 19.9 Å². The van der Waals surface area contributed by atoms with Crippen LogP contribution in [0.3, 0.4) is 0 Å². The maximum Gasteiger partial charge on any atom is 0.331 e. The van der Waals surface area contributed by atoms with Gasteiger partial charge in [0.1, 0.15) is 5.75 Å². The fourth-order valence-electron chi connectivity index (χ4n) is 2.13. The molecule has 6 heteroatoms. The number of nitrogens with one attached hydrogen (secondary N) is 1. The van der Waals surface area contributed by atoms with Gasteiger partial charge in [-0.3, -0.25) is 4.79 Å². The van der Waals surface area contributed by atoms with E-state index in [0.29, 0.717) is 12.4 Å². The lowest BCUT2D eigenvalue weighted by atomic mass is 9.99. The van der Waals surface area contributed by atoms with Gasteiger partial charge in [-0.25, -0.2) is 4.79 Å². The zero-order valence-electron chi connectivity index (χ0n) is 11.7. The first-order valence-electron chi connectivity index (χ1n) is 6.52. The van der Waals surface area contributed by atoms with E-state index in [-0.39, 0.29) is 13.0 Å². The van der Waals surface area contributed by atoms with Crippen LogP contribution in [0.25, 0.3) is 6.08 Å². The number of para-hydroxylation sites is 1. The molecule has 0 saturated carbocycles. The average Bonchev–Trinajstić information content (AvgIpc) is 2.95. The van der Waals surface area contributed by atoms with Crippen molar-refractivity contribution >= 4 is 18.0 Å². The summed E-state index contributed by atoms with van der Waals surface area (Å²) in [5.41, 5.74) is -0.593. The largest absolute Gasteiger partial charge is 0.496 e. The molecule has 6 nitrogen and oxygen atoms in total. The molecule has 1 amide bonds. The highest BCUT2D eigenvalue weighted by Crippen LogP contribution is 2.20. The van der Waals surface area contributed by atoms with Crippen LogP contribution in [-0.4, -0.2) is 42.8 Å². The quantitative estimate of drug-likeness (QED) is 0.793. The van der Waals surface area contributed by atoms with Crippen LogP contribution in [0.1, 0.15) is 12.0 Å². The molecule has 1 aromatic rings. The van der Waals surface area contributed by atoms with Gasteiger partial charge in [0.15, 0.2) is 5.54 Å². The van der Waals surface area contributed by atoms with Crippen LogP contribution in [0.15, 0.2) is 30.3 Å². The topological polar surface area (TPSA) is 84.9 Å². The summed E-state index contributed by atoms with van der Waals surface area (Å²) in [4.78, 5) is 23.2. The van der Waals surface area contributed by atoms with Crippen LogP contribution in [0.2, 0.25) is 0 Å². The maximum absolute atomic E-state index is 11.9. The maximum atomic E-state index is 11.9. The molecule has 2 rings (SSSR count). The van der Waals surface area contributed by atoms with Crippen molar-refractivity contribution in [3.63, 3.8) is 0 Å². The molecule has 1 aliphatic rings. The molecule has 112 valence electrons. The van der Waals surface area contributed by atoms with E-state index in [4.69, 9.17) is 9.47 Å². The second-order valence-electron chi connectivity index (χ2n) is 4.75. The number of benzene rings is 1. The van der Waals surface area contributed by atoms with Crippen molar-refractivity contribution in [3.05, 3.63) is 35.9 Å². The molecule has 1 saturated heterocycles. The second kappa shape index (κ2) is 6.41. The molecule has 0 aromatic heterocycles. The van der Waals surface area contributed by atoms with Crippen molar-refractivity contribution in [1.82, 2.24) is 5.32 Å². The molecule has 0 bridgehead atoms. The molecule has 1 fully saturated rings. The molecule has 21 heavy (non-hydrogen) atoms. The number of carboxylic acids is 1. The number of ether oxygens (including phenoxy) is 2. The number of methoxy groups -OCH3 is 1. The second-order valence-corrected chi connectivity index (χ2v) is 4.75. The number of hydrogen-bond donors (Lipinski definition) is 2. The Kier molecular flexibility index (Phi) is 4.59. The average molecular weight is 291 g/mol. The minimum Gasteiger partial charge on any atom is -0.496 e. The SMILES string of the molecule is COc1ccccc1C=CC(=O)NC1(C(=O)O)CCOC1. The number of aliphatic carboxylic acids is 1. The van der Waals surface area contributed by atoms with Crippen molar-refractivity contribution in [1.29, 1.82) is 0 Å². The van der Waals surface area contributed by atoms with Crippen molar-refractivity contribution in [3.8, 4) is 5.75 Å². The van der Waals surface area contributed by atoms with Gasteiger partial charge >= 0.3 is 5.97 Å². The van der Waals surface area contributed by atoms with E-state index >= 15 is 0 Å². The summed E-state index contributed by atoms with van der Waals surface area (Å²) in [5, 5.41) is 11.7. The van der Waals surface area contributed by atoms with Crippen LogP contribution in [0.5, 0.6) is 5.75 Å². The van der Waals surface area contributed by atoms with Crippen molar-refractivity contribution < 1.29 is 24.2 Å². The summed E-state index contributed by atoms with van der Waals surface area (Å²) in [5.74, 6) is -0.924. The monoisotopic (exact) mass is 291 g/mol. The minimum atomic E-state index is -1.33. The van der Waals surface area contributed by atoms with Crippen LogP contribution in [-0.2, 0) is 14.3 Å². The highest BCUT2D eigenvalue weighted by atomic mass is 16.5. The Morgan fingerprint density at radius 2 is 2.19 bits per heavy atom. The zero-order valence-corrected chi connectivity index (χ0v) is 11.7. The summed E-state index contributed by atoms with van der Waals surface area (Å²) >= 11 is 0. The van der Waals surface area contributed by atoms with E-state index in [1.807, 2.05) is 12.1 Å². The van der Waals surface area contributed by atoms with Crippen molar-refractivity contribution in [2.45, 2.75) is 12.0 Å². The van der Waals surface area contributed by atoms with E-state index in [9.17, 15) is 14.7 Å². The molecule has 2 N–H and O–H groups in total. The molecule has 1 atom stereocenters. The van der Waals surface area contributed by atoms with Gasteiger partial charge in [-0.05, 0) is 12.1 Å². The Morgan fingerprint density at radius 1 is 1.43 bits per heavy atom. The molecule has 1 aliphatic heterocycles. The smallest absolute Gasteiger partial charge is 0.331 e. The van der Waals surface area contributed by atoms with Gasteiger partial charge in [0.05, 0.1) is 13.7 Å². The summed E-state index contributed by atoms with van der Waals surface area (Å²) in [7, 11) is 1.54. The summed E-state index contributed by atoms with van der Waals surface area (Å²) in [6, 6.07) is 7.23. The first-order chi connectivity index (χ1) is 10.1. The lowest BCUT2D eigenvalue weighted by molar-refractivity contribution is -0.147. The molecule has 1 aromatic carbocycles. The number of hydrogen-bond acceptors (Lipinski definition) is 4. The third-order valence-corrected chi connectivity index (χ3v) is 3.35. The number of rotatable bonds is 5.